The van der Waals surface area contributed by atoms with E-state index in [1.807, 2.05) is 13.0 Å². The summed E-state index contributed by atoms with van der Waals surface area (Å²) in [5, 5.41) is 2.61. The molecule has 1 heterocycles. The van der Waals surface area contributed by atoms with Crippen molar-refractivity contribution in [2.45, 2.75) is 6.92 Å². The Kier molecular flexibility index (Phi) is 4.30. The predicted molar refractivity (Wildman–Crippen MR) is 91.7 cm³/mol. The molecule has 0 spiro atoms. The Bertz CT molecular complexity index is 1050. The first-order valence-corrected chi connectivity index (χ1v) is 7.44. The SMILES string of the molecule is Cc1cccc(NC(=O)c2c[nH]c(=O)n(-c3ccc(F)cc3)c2=O)c1. The predicted octanol–water partition coefficient (Wildman–Crippen LogP) is 2.23. The van der Waals surface area contributed by atoms with Crippen molar-refractivity contribution in [2.75, 3.05) is 5.32 Å². The van der Waals surface area contributed by atoms with Crippen LogP contribution in [0.5, 0.6) is 0 Å². The number of nitrogens with one attached hydrogen (secondary N) is 2. The highest BCUT2D eigenvalue weighted by molar-refractivity contribution is 6.03. The minimum atomic E-state index is -0.791. The molecular weight excluding hydrogens is 325 g/mol. The first-order chi connectivity index (χ1) is 12.0. The van der Waals surface area contributed by atoms with E-state index in [2.05, 4.69) is 10.3 Å². The molecule has 25 heavy (non-hydrogen) atoms. The Balaban J connectivity index is 2.02. The third kappa shape index (κ3) is 3.40. The number of hydrogen-bond acceptors (Lipinski definition) is 3. The molecule has 3 aromatic rings. The lowest BCUT2D eigenvalue weighted by atomic mass is 10.2. The smallest absolute Gasteiger partial charge is 0.322 e. The molecule has 126 valence electrons. The molecule has 2 aromatic carbocycles. The van der Waals surface area contributed by atoms with Crippen LogP contribution in [0.2, 0.25) is 0 Å². The number of carbonyl (C=O) groups is 1. The normalized spacial score (nSPS) is 10.5. The molecule has 3 rings (SSSR count). The van der Waals surface area contributed by atoms with Gasteiger partial charge in [0.05, 0.1) is 5.69 Å². The number of nitrogens with zero attached hydrogens (tertiary/aromatic N) is 1. The van der Waals surface area contributed by atoms with E-state index in [0.717, 1.165) is 28.5 Å². The maximum Gasteiger partial charge on any atom is 0.333 e. The lowest BCUT2D eigenvalue weighted by Crippen LogP contribution is -2.38. The fourth-order valence-corrected chi connectivity index (χ4v) is 2.38. The lowest BCUT2D eigenvalue weighted by Gasteiger charge is -2.08. The molecule has 2 N–H and O–H groups in total. The molecule has 6 nitrogen and oxygen atoms in total. The monoisotopic (exact) mass is 339 g/mol. The summed E-state index contributed by atoms with van der Waals surface area (Å²) in [7, 11) is 0. The number of halogens is 1. The molecule has 0 atom stereocenters. The van der Waals surface area contributed by atoms with Crippen molar-refractivity contribution < 1.29 is 9.18 Å². The first kappa shape index (κ1) is 16.4. The summed E-state index contributed by atoms with van der Waals surface area (Å²) < 4.78 is 13.8. The standard InChI is InChI=1S/C18H14FN3O3/c1-11-3-2-4-13(9-11)21-16(23)15-10-20-18(25)22(17(15)24)14-7-5-12(19)6-8-14/h2-10H,1H3,(H,20,25)(H,21,23). The molecule has 0 aliphatic carbocycles. The zero-order chi connectivity index (χ0) is 18.0. The molecule has 0 aliphatic heterocycles. The largest absolute Gasteiger partial charge is 0.333 e. The second-order valence-electron chi connectivity index (χ2n) is 5.45. The summed E-state index contributed by atoms with van der Waals surface area (Å²) in [6.45, 7) is 1.87. The van der Waals surface area contributed by atoms with E-state index in [1.165, 1.54) is 12.1 Å². The Morgan fingerprint density at radius 3 is 2.52 bits per heavy atom. The number of aromatic amines is 1. The van der Waals surface area contributed by atoms with Gasteiger partial charge >= 0.3 is 5.69 Å². The highest BCUT2D eigenvalue weighted by atomic mass is 19.1. The number of H-pyrrole nitrogens is 1. The lowest BCUT2D eigenvalue weighted by molar-refractivity contribution is 0.102. The Hall–Kier alpha value is -3.48. The molecule has 0 fully saturated rings. The molecule has 0 bridgehead atoms. The van der Waals surface area contributed by atoms with E-state index in [0.29, 0.717) is 5.69 Å². The van der Waals surface area contributed by atoms with Gasteiger partial charge in [-0.3, -0.25) is 9.59 Å². The van der Waals surface area contributed by atoms with Crippen molar-refractivity contribution in [1.82, 2.24) is 9.55 Å². The van der Waals surface area contributed by atoms with Gasteiger partial charge in [0.2, 0.25) is 0 Å². The fourth-order valence-electron chi connectivity index (χ4n) is 2.38. The number of amides is 1. The van der Waals surface area contributed by atoms with E-state index in [1.54, 1.807) is 18.2 Å². The minimum absolute atomic E-state index is 0.165. The van der Waals surface area contributed by atoms with Gasteiger partial charge in [-0.15, -0.1) is 0 Å². The third-order valence-corrected chi connectivity index (χ3v) is 3.58. The molecule has 0 aliphatic rings. The van der Waals surface area contributed by atoms with Gasteiger partial charge in [0.1, 0.15) is 11.4 Å². The Morgan fingerprint density at radius 1 is 1.12 bits per heavy atom. The molecule has 7 heteroatoms. The number of carbonyl (C=O) groups excluding carboxylic acids is 1. The van der Waals surface area contributed by atoms with E-state index in [9.17, 15) is 18.8 Å². The summed E-state index contributed by atoms with van der Waals surface area (Å²) in [5.41, 5.74) is -0.0977. The van der Waals surface area contributed by atoms with E-state index in [-0.39, 0.29) is 11.3 Å². The number of aromatic nitrogens is 2. The van der Waals surface area contributed by atoms with Gasteiger partial charge in [0, 0.05) is 11.9 Å². The highest BCUT2D eigenvalue weighted by Gasteiger charge is 2.16. The van der Waals surface area contributed by atoms with Crippen LogP contribution in [0.25, 0.3) is 5.69 Å². The zero-order valence-electron chi connectivity index (χ0n) is 13.2. The van der Waals surface area contributed by atoms with Crippen LogP contribution >= 0.6 is 0 Å². The third-order valence-electron chi connectivity index (χ3n) is 3.58. The van der Waals surface area contributed by atoms with Crippen LogP contribution in [0.1, 0.15) is 15.9 Å². The van der Waals surface area contributed by atoms with Crippen molar-refractivity contribution >= 4 is 11.6 Å². The molecule has 0 saturated carbocycles. The number of benzene rings is 2. The molecule has 1 amide bonds. The average Bonchev–Trinajstić information content (AvgIpc) is 2.56. The van der Waals surface area contributed by atoms with Crippen LogP contribution < -0.4 is 16.6 Å². The summed E-state index contributed by atoms with van der Waals surface area (Å²) in [4.78, 5) is 39.3. The van der Waals surface area contributed by atoms with Gasteiger partial charge < -0.3 is 10.3 Å². The zero-order valence-corrected chi connectivity index (χ0v) is 13.2. The summed E-state index contributed by atoms with van der Waals surface area (Å²) >= 11 is 0. The van der Waals surface area contributed by atoms with Gasteiger partial charge in [-0.2, -0.15) is 0 Å². The van der Waals surface area contributed by atoms with Crippen molar-refractivity contribution in [3.8, 4) is 5.69 Å². The van der Waals surface area contributed by atoms with Crippen molar-refractivity contribution in [3.05, 3.63) is 92.5 Å². The van der Waals surface area contributed by atoms with Crippen molar-refractivity contribution in [1.29, 1.82) is 0 Å². The van der Waals surface area contributed by atoms with Gasteiger partial charge in [0.25, 0.3) is 11.5 Å². The second-order valence-corrected chi connectivity index (χ2v) is 5.45. The highest BCUT2D eigenvalue weighted by Crippen LogP contribution is 2.10. The topological polar surface area (TPSA) is 84.0 Å². The summed E-state index contributed by atoms with van der Waals surface area (Å²) in [6.07, 6.45) is 1.07. The summed E-state index contributed by atoms with van der Waals surface area (Å²) in [6, 6.07) is 11.9. The molecular formula is C18H14FN3O3. The molecule has 0 saturated heterocycles. The number of hydrogen-bond donors (Lipinski definition) is 2. The summed E-state index contributed by atoms with van der Waals surface area (Å²) in [5.74, 6) is -1.15. The minimum Gasteiger partial charge on any atom is -0.322 e. The van der Waals surface area contributed by atoms with Crippen LogP contribution in [-0.2, 0) is 0 Å². The van der Waals surface area contributed by atoms with Gasteiger partial charge in [-0.05, 0) is 48.9 Å². The fraction of sp³-hybridized carbons (Fsp3) is 0.0556. The van der Waals surface area contributed by atoms with Crippen LogP contribution in [0.3, 0.4) is 0 Å². The van der Waals surface area contributed by atoms with Crippen molar-refractivity contribution in [2.24, 2.45) is 0 Å². The maximum atomic E-state index is 13.0. The number of anilines is 1. The average molecular weight is 339 g/mol. The Labute approximate surface area is 141 Å². The Morgan fingerprint density at radius 2 is 1.84 bits per heavy atom. The second kappa shape index (κ2) is 6.56. The van der Waals surface area contributed by atoms with Gasteiger partial charge in [0.15, 0.2) is 0 Å². The molecule has 0 radical (unpaired) electrons. The van der Waals surface area contributed by atoms with Crippen LogP contribution in [0, 0.1) is 12.7 Å². The first-order valence-electron chi connectivity index (χ1n) is 7.44. The van der Waals surface area contributed by atoms with E-state index < -0.39 is 23.0 Å². The van der Waals surface area contributed by atoms with E-state index >= 15 is 0 Å². The number of aryl methyl sites for hydroxylation is 1. The van der Waals surface area contributed by atoms with Crippen LogP contribution in [0.4, 0.5) is 10.1 Å². The van der Waals surface area contributed by atoms with Crippen LogP contribution in [0.15, 0.2) is 64.3 Å². The molecule has 1 aromatic heterocycles. The maximum absolute atomic E-state index is 13.0. The van der Waals surface area contributed by atoms with Gasteiger partial charge in [-0.25, -0.2) is 13.8 Å². The van der Waals surface area contributed by atoms with E-state index in [4.69, 9.17) is 0 Å². The molecule has 0 unspecified atom stereocenters. The number of rotatable bonds is 3. The quantitative estimate of drug-likeness (QED) is 0.767. The van der Waals surface area contributed by atoms with Gasteiger partial charge in [-0.1, -0.05) is 12.1 Å². The van der Waals surface area contributed by atoms with Crippen molar-refractivity contribution in [3.63, 3.8) is 0 Å². The van der Waals surface area contributed by atoms with Crippen LogP contribution in [-0.4, -0.2) is 15.5 Å².